The third-order valence-corrected chi connectivity index (χ3v) is 5.07. The Morgan fingerprint density at radius 2 is 2.18 bits per heavy atom. The van der Waals surface area contributed by atoms with Gasteiger partial charge in [0.1, 0.15) is 5.69 Å². The van der Waals surface area contributed by atoms with Crippen molar-refractivity contribution in [1.29, 1.82) is 0 Å². The number of methoxy groups -OCH3 is 1. The van der Waals surface area contributed by atoms with E-state index in [9.17, 15) is 4.79 Å². The van der Waals surface area contributed by atoms with Gasteiger partial charge in [0.25, 0.3) is 5.79 Å². The molecule has 0 bridgehead atoms. The first-order valence-corrected chi connectivity index (χ1v) is 9.37. The zero-order chi connectivity index (χ0) is 19.7. The fraction of sp³-hybridized carbons (Fsp3) is 0.333. The first-order chi connectivity index (χ1) is 13.5. The van der Waals surface area contributed by atoms with Gasteiger partial charge in [-0.15, -0.1) is 0 Å². The number of nitrogens with zero attached hydrogens (tertiary/aromatic N) is 1. The molecule has 0 radical (unpaired) electrons. The molecule has 0 saturated heterocycles. The van der Waals surface area contributed by atoms with E-state index in [0.717, 1.165) is 11.1 Å². The Hall–Kier alpha value is -2.57. The maximum Gasteiger partial charge on any atom is 0.308 e. The van der Waals surface area contributed by atoms with Crippen LogP contribution in [0, 0.1) is 0 Å². The van der Waals surface area contributed by atoms with E-state index in [0.29, 0.717) is 35.2 Å². The van der Waals surface area contributed by atoms with Gasteiger partial charge in [-0.25, -0.2) is 0 Å². The van der Waals surface area contributed by atoms with Gasteiger partial charge in [-0.3, -0.25) is 9.78 Å². The van der Waals surface area contributed by atoms with Gasteiger partial charge in [-0.1, -0.05) is 29.8 Å². The fourth-order valence-electron chi connectivity index (χ4n) is 3.34. The van der Waals surface area contributed by atoms with Gasteiger partial charge in [0.05, 0.1) is 31.3 Å². The van der Waals surface area contributed by atoms with Crippen molar-refractivity contribution in [2.45, 2.75) is 31.7 Å². The molecule has 3 heterocycles. The number of para-hydroxylation sites is 1. The summed E-state index contributed by atoms with van der Waals surface area (Å²) in [4.78, 5) is 15.8. The molecule has 1 aromatic carbocycles. The number of halogens is 1. The lowest BCUT2D eigenvalue weighted by Gasteiger charge is -2.24. The van der Waals surface area contributed by atoms with Crippen molar-refractivity contribution in [3.05, 3.63) is 58.9 Å². The highest BCUT2D eigenvalue weighted by molar-refractivity contribution is 6.30. The summed E-state index contributed by atoms with van der Waals surface area (Å²) >= 11 is 5.94. The lowest BCUT2D eigenvalue weighted by Crippen LogP contribution is -2.32. The van der Waals surface area contributed by atoms with E-state index < -0.39 is 5.79 Å². The van der Waals surface area contributed by atoms with Crippen LogP contribution < -0.4 is 9.47 Å². The number of rotatable bonds is 4. The van der Waals surface area contributed by atoms with Crippen molar-refractivity contribution < 1.29 is 23.7 Å². The Morgan fingerprint density at radius 3 is 2.86 bits per heavy atom. The molecule has 4 rings (SSSR count). The molecule has 1 aromatic heterocycles. The monoisotopic (exact) mass is 401 g/mol. The number of carbonyl (C=O) groups excluding carboxylic acids is 1. The van der Waals surface area contributed by atoms with Crippen LogP contribution in [-0.4, -0.2) is 30.8 Å². The molecule has 28 heavy (non-hydrogen) atoms. The average molecular weight is 402 g/mol. The maximum atomic E-state index is 11.4. The third-order valence-electron chi connectivity index (χ3n) is 4.84. The van der Waals surface area contributed by atoms with E-state index >= 15 is 0 Å². The van der Waals surface area contributed by atoms with Crippen LogP contribution in [0.25, 0.3) is 5.57 Å². The highest BCUT2D eigenvalue weighted by Gasteiger charge is 2.41. The van der Waals surface area contributed by atoms with E-state index in [-0.39, 0.29) is 18.5 Å². The van der Waals surface area contributed by atoms with Crippen LogP contribution in [0.3, 0.4) is 0 Å². The Bertz CT molecular complexity index is 927. The van der Waals surface area contributed by atoms with Crippen LogP contribution in [0.1, 0.15) is 31.0 Å². The molecule has 2 atom stereocenters. The number of hydrogen-bond donors (Lipinski definition) is 0. The van der Waals surface area contributed by atoms with E-state index in [1.54, 1.807) is 18.3 Å². The number of ether oxygens (including phenoxy) is 4. The molecule has 2 aromatic rings. The predicted octanol–water partition coefficient (Wildman–Crippen LogP) is 4.11. The number of fused-ring (bicyclic) bond motifs is 1. The summed E-state index contributed by atoms with van der Waals surface area (Å²) in [6.07, 6.45) is 4.34. The zero-order valence-corrected chi connectivity index (χ0v) is 16.4. The SMILES string of the molecule is COC(=O)CC1CC=C(c2cccc3c2O[C@](C)(c2ccc(Cl)cn2)O3)CO1. The Kier molecular flexibility index (Phi) is 5.00. The summed E-state index contributed by atoms with van der Waals surface area (Å²) in [5.41, 5.74) is 2.53. The van der Waals surface area contributed by atoms with E-state index in [1.807, 2.05) is 25.1 Å². The van der Waals surface area contributed by atoms with Crippen LogP contribution in [0.15, 0.2) is 42.6 Å². The maximum absolute atomic E-state index is 11.4. The number of benzene rings is 1. The highest BCUT2D eigenvalue weighted by atomic mass is 35.5. The molecular weight excluding hydrogens is 382 g/mol. The molecule has 1 unspecified atom stereocenters. The van der Waals surface area contributed by atoms with Crippen LogP contribution in [-0.2, 0) is 20.1 Å². The summed E-state index contributed by atoms with van der Waals surface area (Å²) in [5.74, 6) is -0.00485. The van der Waals surface area contributed by atoms with Crippen LogP contribution in [0.4, 0.5) is 0 Å². The summed E-state index contributed by atoms with van der Waals surface area (Å²) in [6.45, 7) is 2.21. The number of carbonyl (C=O) groups is 1. The molecule has 0 N–H and O–H groups in total. The lowest BCUT2D eigenvalue weighted by molar-refractivity contribution is -0.143. The predicted molar refractivity (Wildman–Crippen MR) is 103 cm³/mol. The first-order valence-electron chi connectivity index (χ1n) is 8.99. The van der Waals surface area contributed by atoms with Crippen molar-refractivity contribution in [2.24, 2.45) is 0 Å². The van der Waals surface area contributed by atoms with E-state index in [1.165, 1.54) is 7.11 Å². The largest absolute Gasteiger partial charge is 0.469 e. The van der Waals surface area contributed by atoms with Gasteiger partial charge in [0, 0.05) is 18.7 Å². The van der Waals surface area contributed by atoms with Crippen molar-refractivity contribution in [1.82, 2.24) is 4.98 Å². The van der Waals surface area contributed by atoms with Gasteiger partial charge < -0.3 is 18.9 Å². The second kappa shape index (κ2) is 7.45. The number of aromatic nitrogens is 1. The minimum atomic E-state index is -1.04. The van der Waals surface area contributed by atoms with Gasteiger partial charge in [-0.2, -0.15) is 0 Å². The van der Waals surface area contributed by atoms with Gasteiger partial charge in [0.15, 0.2) is 11.5 Å². The molecule has 7 heteroatoms. The summed E-state index contributed by atoms with van der Waals surface area (Å²) in [5, 5.41) is 0.551. The highest BCUT2D eigenvalue weighted by Crippen LogP contribution is 2.47. The third kappa shape index (κ3) is 3.57. The quantitative estimate of drug-likeness (QED) is 0.718. The zero-order valence-electron chi connectivity index (χ0n) is 15.6. The normalized spacial score (nSPS) is 23.2. The van der Waals surface area contributed by atoms with Gasteiger partial charge >= 0.3 is 5.97 Å². The minimum absolute atomic E-state index is 0.173. The molecule has 0 saturated carbocycles. The standard InChI is InChI=1S/C21H20ClNO5/c1-21(18-9-7-14(22)11-23-18)27-17-5-3-4-16(20(17)28-21)13-6-8-15(26-12-13)10-19(24)25-2/h3-7,9,11,15H,8,10,12H2,1-2H3/t15?,21-/m1/s1. The minimum Gasteiger partial charge on any atom is -0.469 e. The Labute approximate surface area is 168 Å². The Balaban J connectivity index is 1.57. The van der Waals surface area contributed by atoms with Crippen molar-refractivity contribution in [2.75, 3.05) is 13.7 Å². The van der Waals surface area contributed by atoms with Crippen molar-refractivity contribution >= 4 is 23.1 Å². The number of hydrogen-bond acceptors (Lipinski definition) is 6. The summed E-state index contributed by atoms with van der Waals surface area (Å²) in [7, 11) is 1.38. The molecule has 6 nitrogen and oxygen atoms in total. The van der Waals surface area contributed by atoms with Crippen molar-refractivity contribution in [3.63, 3.8) is 0 Å². The summed E-state index contributed by atoms with van der Waals surface area (Å²) in [6, 6.07) is 9.29. The topological polar surface area (TPSA) is 66.9 Å². The van der Waals surface area contributed by atoms with Crippen LogP contribution >= 0.6 is 11.6 Å². The average Bonchev–Trinajstić information content (AvgIpc) is 3.06. The molecule has 2 aliphatic rings. The molecule has 0 aliphatic carbocycles. The van der Waals surface area contributed by atoms with Crippen molar-refractivity contribution in [3.8, 4) is 11.5 Å². The smallest absolute Gasteiger partial charge is 0.308 e. The van der Waals surface area contributed by atoms with Gasteiger partial charge in [-0.05, 0) is 30.2 Å². The number of pyridine rings is 1. The van der Waals surface area contributed by atoms with E-state index in [2.05, 4.69) is 11.1 Å². The second-order valence-electron chi connectivity index (χ2n) is 6.82. The van der Waals surface area contributed by atoms with Gasteiger partial charge in [0.2, 0.25) is 0 Å². The molecule has 2 aliphatic heterocycles. The molecular formula is C21H20ClNO5. The molecule has 146 valence electrons. The fourth-order valence-corrected chi connectivity index (χ4v) is 3.45. The van der Waals surface area contributed by atoms with E-state index in [4.69, 9.17) is 30.5 Å². The molecule has 0 amide bonds. The van der Waals surface area contributed by atoms with Crippen LogP contribution in [0.5, 0.6) is 11.5 Å². The summed E-state index contributed by atoms with van der Waals surface area (Å²) < 4.78 is 22.8. The molecule has 0 fully saturated rings. The Morgan fingerprint density at radius 1 is 1.32 bits per heavy atom. The number of esters is 1. The second-order valence-corrected chi connectivity index (χ2v) is 7.26. The lowest BCUT2D eigenvalue weighted by atomic mass is 9.99. The molecule has 0 spiro atoms. The first kappa shape index (κ1) is 18.8. The van der Waals surface area contributed by atoms with Crippen LogP contribution in [0.2, 0.25) is 5.02 Å².